The Kier molecular flexibility index (Phi) is 9.58. The normalized spacial score (nSPS) is 12.5. The summed E-state index contributed by atoms with van der Waals surface area (Å²) in [4.78, 5) is 0. The van der Waals surface area contributed by atoms with Crippen LogP contribution in [0.3, 0.4) is 0 Å². The fourth-order valence-electron chi connectivity index (χ4n) is 10.0. The van der Waals surface area contributed by atoms with Crippen LogP contribution in [0.1, 0.15) is 11.1 Å². The lowest BCUT2D eigenvalue weighted by Gasteiger charge is -2.21. The number of hydrogen-bond acceptors (Lipinski definition) is 3. The number of aryl methyl sites for hydroxylation is 1. The third-order valence-electron chi connectivity index (χ3n) is 12.9. The van der Waals surface area contributed by atoms with Gasteiger partial charge in [0.25, 0.3) is 0 Å². The minimum atomic E-state index is 0.740. The van der Waals surface area contributed by atoms with Crippen LogP contribution in [0.4, 0.5) is 0 Å². The van der Waals surface area contributed by atoms with E-state index in [1.165, 1.54) is 0 Å². The topological polar surface area (TPSA) is 53.7 Å². The molecule has 8 aromatic carbocycles. The Labute approximate surface area is 387 Å². The van der Waals surface area contributed by atoms with E-state index in [-0.39, 0.29) is 0 Å². The Morgan fingerprint density at radius 1 is 0.507 bits per heavy atom. The van der Waals surface area contributed by atoms with Crippen molar-refractivity contribution in [2.45, 2.75) is 6.92 Å². The van der Waals surface area contributed by atoms with Crippen molar-refractivity contribution < 1.29 is 4.42 Å². The van der Waals surface area contributed by atoms with Gasteiger partial charge in [-0.15, -0.1) is 10.2 Å². The van der Waals surface area contributed by atoms with Crippen molar-refractivity contribution in [1.29, 1.82) is 0 Å². The largest absolute Gasteiger partial charge is 0.455 e. The van der Waals surface area contributed by atoms with Gasteiger partial charge in [-0.05, 0) is 55.0 Å². The number of allylic oxidation sites excluding steroid dienone is 8. The Balaban J connectivity index is 1.25. The summed E-state index contributed by atoms with van der Waals surface area (Å²) in [5, 5.41) is 16.3. The van der Waals surface area contributed by atoms with Crippen LogP contribution >= 0.6 is 0 Å². The highest BCUT2D eigenvalue weighted by Crippen LogP contribution is 2.48. The van der Waals surface area contributed by atoms with E-state index in [2.05, 4.69) is 192 Å². The number of rotatable bonds is 10. The summed E-state index contributed by atoms with van der Waals surface area (Å²) in [7, 11) is 0. The molecule has 0 aliphatic heterocycles. The zero-order chi connectivity index (χ0) is 45.0. The molecule has 4 heterocycles. The molecule has 6 heteroatoms. The molecule has 318 valence electrons. The number of fused-ring (bicyclic) bond motifs is 10. The predicted molar refractivity (Wildman–Crippen MR) is 280 cm³/mol. The lowest BCUT2D eigenvalue weighted by atomic mass is 9.95. The molecule has 0 radical (unpaired) electrons. The molecule has 0 amide bonds. The van der Waals surface area contributed by atoms with Crippen molar-refractivity contribution in [2.24, 2.45) is 0 Å². The molecule has 0 saturated carbocycles. The highest BCUT2D eigenvalue weighted by atomic mass is 16.3. The van der Waals surface area contributed by atoms with Gasteiger partial charge in [0.1, 0.15) is 11.2 Å². The van der Waals surface area contributed by atoms with Gasteiger partial charge in [0.15, 0.2) is 11.6 Å². The lowest BCUT2D eigenvalue weighted by molar-refractivity contribution is 0.673. The van der Waals surface area contributed by atoms with Gasteiger partial charge < -0.3 is 13.6 Å². The molecule has 0 spiro atoms. The monoisotopic (exact) mass is 861 g/mol. The van der Waals surface area contributed by atoms with Crippen molar-refractivity contribution in [3.8, 4) is 34.2 Å². The van der Waals surface area contributed by atoms with Gasteiger partial charge in [0, 0.05) is 54.9 Å². The second-order valence-corrected chi connectivity index (χ2v) is 16.7. The van der Waals surface area contributed by atoms with Gasteiger partial charge in [0.05, 0.1) is 38.8 Å². The highest BCUT2D eigenvalue weighted by molar-refractivity contribution is 6.28. The maximum atomic E-state index is 6.92. The molecule has 0 bridgehead atoms. The molecule has 67 heavy (non-hydrogen) atoms. The number of hydrogen-bond donors (Lipinski definition) is 0. The molecule has 12 aromatic rings. The molecule has 0 atom stereocenters. The summed E-state index contributed by atoms with van der Waals surface area (Å²) in [5.41, 5.74) is 13.9. The van der Waals surface area contributed by atoms with Crippen LogP contribution in [0.15, 0.2) is 236 Å². The fourth-order valence-corrected chi connectivity index (χ4v) is 10.0. The first-order chi connectivity index (χ1) is 33.1. The molecule has 0 aliphatic rings. The number of furan rings is 1. The lowest BCUT2D eigenvalue weighted by Crippen LogP contribution is -2.07. The molecule has 0 saturated heterocycles. The third kappa shape index (κ3) is 6.26. The average Bonchev–Trinajstić information content (AvgIpc) is 4.15. The Bertz CT molecular complexity index is 3960. The highest BCUT2D eigenvalue weighted by Gasteiger charge is 2.28. The van der Waals surface area contributed by atoms with Crippen molar-refractivity contribution in [2.75, 3.05) is 0 Å². The number of aromatic nitrogens is 5. The first-order valence-corrected chi connectivity index (χ1v) is 22.5. The molecule has 6 nitrogen and oxygen atoms in total. The summed E-state index contributed by atoms with van der Waals surface area (Å²) < 4.78 is 14.0. The zero-order valence-electron chi connectivity index (χ0n) is 36.8. The molecule has 12 rings (SSSR count). The number of benzene rings is 8. The Morgan fingerprint density at radius 2 is 1.12 bits per heavy atom. The first-order valence-electron chi connectivity index (χ1n) is 22.5. The maximum absolute atomic E-state index is 6.92. The van der Waals surface area contributed by atoms with E-state index >= 15 is 0 Å². The summed E-state index contributed by atoms with van der Waals surface area (Å²) in [5.74, 6) is 1.48. The van der Waals surface area contributed by atoms with Crippen LogP contribution in [0.5, 0.6) is 0 Å². The molecular weight excluding hydrogens is 819 g/mol. The van der Waals surface area contributed by atoms with Gasteiger partial charge >= 0.3 is 0 Å². The van der Waals surface area contributed by atoms with Gasteiger partial charge in [-0.25, -0.2) is 0 Å². The summed E-state index contributed by atoms with van der Waals surface area (Å²) in [6, 6.07) is 63.8. The third-order valence-corrected chi connectivity index (χ3v) is 12.9. The van der Waals surface area contributed by atoms with Crippen LogP contribution in [0.2, 0.25) is 0 Å². The minimum Gasteiger partial charge on any atom is -0.455 e. The first kappa shape index (κ1) is 39.6. The molecule has 0 unspecified atom stereocenters. The van der Waals surface area contributed by atoms with E-state index in [1.807, 2.05) is 60.7 Å². The summed E-state index contributed by atoms with van der Waals surface area (Å²) in [6.07, 6.45) is 12.1. The van der Waals surface area contributed by atoms with E-state index in [0.29, 0.717) is 0 Å². The van der Waals surface area contributed by atoms with Gasteiger partial charge in [-0.3, -0.25) is 4.57 Å². The second-order valence-electron chi connectivity index (χ2n) is 16.7. The van der Waals surface area contributed by atoms with E-state index < -0.39 is 0 Å². The number of para-hydroxylation sites is 5. The SMILES string of the molecule is C=C\C=C/C=C(\C(=C/C=C)c1cc2c3ccccc3oc2c2c3ccccc3n(-c3ccccc3C)c12)n1c2ccccc2c2cccc(-n3c(-c4ccccc4)nnc3-c3ccccc3)c21. The van der Waals surface area contributed by atoms with E-state index in [4.69, 9.17) is 14.6 Å². The quantitative estimate of drug-likeness (QED) is 0.129. The van der Waals surface area contributed by atoms with Crippen molar-refractivity contribution in [1.82, 2.24) is 23.9 Å². The average molecular weight is 862 g/mol. The van der Waals surface area contributed by atoms with E-state index in [9.17, 15) is 0 Å². The minimum absolute atomic E-state index is 0.740. The van der Waals surface area contributed by atoms with Crippen LogP contribution in [0.25, 0.3) is 111 Å². The predicted octanol–water partition coefficient (Wildman–Crippen LogP) is 15.9. The zero-order valence-corrected chi connectivity index (χ0v) is 36.8. The smallest absolute Gasteiger partial charge is 0.168 e. The number of nitrogens with zero attached hydrogens (tertiary/aromatic N) is 5. The molecular formula is C61H43N5O. The van der Waals surface area contributed by atoms with Crippen molar-refractivity contribution >= 4 is 76.8 Å². The van der Waals surface area contributed by atoms with Crippen LogP contribution in [0, 0.1) is 6.92 Å². The standard InChI is InChI=1S/C61H43N5O/c1-4-6-9-34-51(65-52-35-19-15-29-44(52)46-32-22-37-54(57(46)65)66-60(41-25-10-7-11-26-41)62-63-61(66)42-27-12-8-13-28-42)43(23-5-2)48-39-49-45-30-17-21-38-55(45)67-59(49)56-47-31-16-20-36-53(47)64(58(48)56)50-33-18-14-24-40(50)3/h4-39H,1-2H2,3H3/b9-6-,43-23-,51-34+. The molecule has 0 aliphatic carbocycles. The fraction of sp³-hybridized carbons (Fsp3) is 0.0164. The molecule has 4 aromatic heterocycles. The van der Waals surface area contributed by atoms with Gasteiger partial charge in [0.2, 0.25) is 0 Å². The van der Waals surface area contributed by atoms with Crippen molar-refractivity contribution in [3.63, 3.8) is 0 Å². The Morgan fingerprint density at radius 3 is 1.84 bits per heavy atom. The van der Waals surface area contributed by atoms with Crippen LogP contribution in [-0.4, -0.2) is 23.9 Å². The van der Waals surface area contributed by atoms with Gasteiger partial charge in [-0.2, -0.15) is 0 Å². The van der Waals surface area contributed by atoms with E-state index in [0.717, 1.165) is 122 Å². The van der Waals surface area contributed by atoms with E-state index in [1.54, 1.807) is 0 Å². The van der Waals surface area contributed by atoms with Gasteiger partial charge in [-0.1, -0.05) is 189 Å². The van der Waals surface area contributed by atoms with Crippen LogP contribution in [-0.2, 0) is 0 Å². The van der Waals surface area contributed by atoms with Crippen LogP contribution < -0.4 is 0 Å². The Hall–Kier alpha value is -9.00. The molecule has 0 N–H and O–H groups in total. The summed E-state index contributed by atoms with van der Waals surface area (Å²) in [6.45, 7) is 10.6. The van der Waals surface area contributed by atoms with Crippen molar-refractivity contribution in [3.05, 3.63) is 243 Å². The molecule has 0 fully saturated rings. The maximum Gasteiger partial charge on any atom is 0.168 e. The second kappa shape index (κ2) is 16.2. The summed E-state index contributed by atoms with van der Waals surface area (Å²) >= 11 is 0.